The number of benzene rings is 1. The van der Waals surface area contributed by atoms with Crippen LogP contribution in [0.25, 0.3) is 11.3 Å². The summed E-state index contributed by atoms with van der Waals surface area (Å²) in [5.41, 5.74) is -0.974. The van der Waals surface area contributed by atoms with Crippen LogP contribution in [0.15, 0.2) is 35.5 Å². The van der Waals surface area contributed by atoms with Crippen LogP contribution in [-0.4, -0.2) is 34.6 Å². The van der Waals surface area contributed by atoms with E-state index in [1.165, 1.54) is 0 Å². The highest BCUT2D eigenvalue weighted by Gasteiger charge is 2.33. The molecule has 28 heavy (non-hydrogen) atoms. The zero-order valence-corrected chi connectivity index (χ0v) is 16.6. The van der Waals surface area contributed by atoms with Gasteiger partial charge in [-0.05, 0) is 57.4 Å². The molecule has 0 spiro atoms. The van der Waals surface area contributed by atoms with E-state index in [2.05, 4.69) is 15.3 Å². The molecule has 0 bridgehead atoms. The van der Waals surface area contributed by atoms with Gasteiger partial charge in [0.15, 0.2) is 11.9 Å². The fraction of sp³-hybridized carbons (Fsp3) is 0.389. The van der Waals surface area contributed by atoms with Gasteiger partial charge < -0.3 is 9.47 Å². The van der Waals surface area contributed by atoms with Crippen molar-refractivity contribution in [2.24, 2.45) is 0 Å². The lowest BCUT2D eigenvalue weighted by molar-refractivity contribution is -0.141. The van der Waals surface area contributed by atoms with Crippen molar-refractivity contribution in [2.45, 2.75) is 37.7 Å². The molecule has 1 N–H and O–H groups in total. The molecule has 1 aromatic carbocycles. The summed E-state index contributed by atoms with van der Waals surface area (Å²) in [6, 6.07) is 7.20. The third-order valence-corrected chi connectivity index (χ3v) is 3.73. The molecule has 0 aliphatic heterocycles. The van der Waals surface area contributed by atoms with Gasteiger partial charge in [-0.2, -0.15) is 13.2 Å². The first-order valence-electron chi connectivity index (χ1n) is 8.18. The molecule has 0 aliphatic carbocycles. The van der Waals surface area contributed by atoms with Gasteiger partial charge in [0.25, 0.3) is 0 Å². The van der Waals surface area contributed by atoms with Gasteiger partial charge >= 0.3 is 12.3 Å². The van der Waals surface area contributed by atoms with Crippen molar-refractivity contribution in [1.29, 1.82) is 0 Å². The van der Waals surface area contributed by atoms with Crippen molar-refractivity contribution >= 4 is 17.9 Å². The third kappa shape index (κ3) is 6.59. The number of carbonyl (C=O) groups is 1. The Bertz CT molecular complexity index is 822. The summed E-state index contributed by atoms with van der Waals surface area (Å²) in [6.07, 6.45) is -3.57. The summed E-state index contributed by atoms with van der Waals surface area (Å²) >= 11 is 1.03. The maximum absolute atomic E-state index is 13.0. The number of ether oxygens (including phenoxy) is 2. The number of halogens is 3. The van der Waals surface area contributed by atoms with E-state index in [-0.39, 0.29) is 17.6 Å². The first-order chi connectivity index (χ1) is 13.0. The normalized spacial score (nSPS) is 11.8. The monoisotopic (exact) mass is 415 g/mol. The number of alkyl halides is 3. The molecular formula is C18H20F3N3O3S. The first kappa shape index (κ1) is 21.8. The molecule has 1 amide bonds. The van der Waals surface area contributed by atoms with Crippen LogP contribution in [-0.2, 0) is 10.9 Å². The molecule has 152 valence electrons. The fourth-order valence-electron chi connectivity index (χ4n) is 2.02. The molecule has 0 unspecified atom stereocenters. The van der Waals surface area contributed by atoms with Crippen LogP contribution in [0.5, 0.6) is 5.75 Å². The lowest BCUT2D eigenvalue weighted by atomic mass is 10.1. The predicted molar refractivity (Wildman–Crippen MR) is 99.1 cm³/mol. The van der Waals surface area contributed by atoms with Crippen molar-refractivity contribution < 1.29 is 27.4 Å². The van der Waals surface area contributed by atoms with Crippen LogP contribution >= 0.6 is 11.8 Å². The second-order valence-electron chi connectivity index (χ2n) is 6.61. The smallest absolute Gasteiger partial charge is 0.433 e. The van der Waals surface area contributed by atoms with Crippen LogP contribution in [0, 0.1) is 0 Å². The molecule has 0 radical (unpaired) electrons. The summed E-state index contributed by atoms with van der Waals surface area (Å²) in [5, 5.41) is 2.48. The Labute approximate surface area is 164 Å². The highest BCUT2D eigenvalue weighted by atomic mass is 32.2. The molecule has 6 nitrogen and oxygen atoms in total. The molecule has 0 aliphatic rings. The predicted octanol–water partition coefficient (Wildman–Crippen LogP) is 4.75. The third-order valence-electron chi connectivity index (χ3n) is 3.18. The van der Waals surface area contributed by atoms with Gasteiger partial charge in [0, 0.05) is 5.56 Å². The van der Waals surface area contributed by atoms with Crippen molar-refractivity contribution in [2.75, 3.05) is 13.0 Å². The number of aromatic nitrogens is 2. The number of nitrogens with zero attached hydrogens (tertiary/aromatic N) is 2. The Morgan fingerprint density at radius 1 is 1.14 bits per heavy atom. The average molecular weight is 415 g/mol. The Morgan fingerprint density at radius 2 is 1.79 bits per heavy atom. The number of rotatable bonds is 5. The van der Waals surface area contributed by atoms with Crippen LogP contribution in [0.2, 0.25) is 0 Å². The SMILES string of the molecule is CSc1nc(-c2ccc(OCNC(=O)OC(C)(C)C)cc2)cc(C(F)(F)F)n1. The number of thioether (sulfide) groups is 1. The summed E-state index contributed by atoms with van der Waals surface area (Å²) in [6.45, 7) is 5.11. The Balaban J connectivity index is 2.05. The second kappa shape index (κ2) is 8.68. The van der Waals surface area contributed by atoms with E-state index in [4.69, 9.17) is 9.47 Å². The van der Waals surface area contributed by atoms with Crippen molar-refractivity contribution in [3.8, 4) is 17.0 Å². The van der Waals surface area contributed by atoms with E-state index in [1.54, 1.807) is 51.3 Å². The Morgan fingerprint density at radius 3 is 2.32 bits per heavy atom. The van der Waals surface area contributed by atoms with E-state index in [0.29, 0.717) is 11.3 Å². The van der Waals surface area contributed by atoms with Gasteiger partial charge in [-0.25, -0.2) is 14.8 Å². The molecule has 1 heterocycles. The number of alkyl carbamates (subject to hydrolysis) is 1. The average Bonchev–Trinajstić information content (AvgIpc) is 2.59. The summed E-state index contributed by atoms with van der Waals surface area (Å²) in [4.78, 5) is 19.2. The van der Waals surface area contributed by atoms with Crippen LogP contribution < -0.4 is 10.1 Å². The van der Waals surface area contributed by atoms with Crippen LogP contribution in [0.3, 0.4) is 0 Å². The van der Waals surface area contributed by atoms with Crippen molar-refractivity contribution in [3.05, 3.63) is 36.0 Å². The summed E-state index contributed by atoms with van der Waals surface area (Å²) in [7, 11) is 0. The molecule has 1 aromatic heterocycles. The fourth-order valence-corrected chi connectivity index (χ4v) is 2.40. The maximum Gasteiger partial charge on any atom is 0.433 e. The lowest BCUT2D eigenvalue weighted by Gasteiger charge is -2.19. The number of hydrogen-bond donors (Lipinski definition) is 1. The number of nitrogens with one attached hydrogen (secondary N) is 1. The topological polar surface area (TPSA) is 73.3 Å². The number of carbonyl (C=O) groups excluding carboxylic acids is 1. The molecule has 10 heteroatoms. The van der Waals surface area contributed by atoms with Gasteiger partial charge in [-0.15, -0.1) is 0 Å². The first-order valence-corrected chi connectivity index (χ1v) is 9.41. The van der Waals surface area contributed by atoms with Gasteiger partial charge in [0.05, 0.1) is 5.69 Å². The van der Waals surface area contributed by atoms with E-state index in [0.717, 1.165) is 17.8 Å². The van der Waals surface area contributed by atoms with E-state index in [9.17, 15) is 18.0 Å². The van der Waals surface area contributed by atoms with E-state index < -0.39 is 23.6 Å². The van der Waals surface area contributed by atoms with Gasteiger partial charge in [-0.3, -0.25) is 5.32 Å². The standard InChI is InChI=1S/C18H20F3N3O3S/c1-17(2,3)27-16(25)22-10-26-12-7-5-11(6-8-12)13-9-14(18(19,20)21)24-15(23-13)28-4/h5-9H,10H2,1-4H3,(H,22,25). The zero-order valence-electron chi connectivity index (χ0n) is 15.8. The molecule has 0 atom stereocenters. The molecular weight excluding hydrogens is 395 g/mol. The Hall–Kier alpha value is -2.49. The van der Waals surface area contributed by atoms with Crippen molar-refractivity contribution in [1.82, 2.24) is 15.3 Å². The minimum absolute atomic E-state index is 0.0340. The highest BCUT2D eigenvalue weighted by Crippen LogP contribution is 2.32. The lowest BCUT2D eigenvalue weighted by Crippen LogP contribution is -2.34. The maximum atomic E-state index is 13.0. The van der Waals surface area contributed by atoms with Gasteiger partial charge in [0.1, 0.15) is 17.0 Å². The summed E-state index contributed by atoms with van der Waals surface area (Å²) in [5.74, 6) is 0.426. The molecule has 0 saturated carbocycles. The van der Waals surface area contributed by atoms with E-state index in [1.807, 2.05) is 0 Å². The van der Waals surface area contributed by atoms with Crippen LogP contribution in [0.1, 0.15) is 26.5 Å². The number of amides is 1. The molecule has 0 fully saturated rings. The summed E-state index contributed by atoms with van der Waals surface area (Å²) < 4.78 is 49.5. The highest BCUT2D eigenvalue weighted by molar-refractivity contribution is 7.98. The van der Waals surface area contributed by atoms with Gasteiger partial charge in [-0.1, -0.05) is 11.8 Å². The van der Waals surface area contributed by atoms with Gasteiger partial charge in [0.2, 0.25) is 0 Å². The minimum atomic E-state index is -4.56. The van der Waals surface area contributed by atoms with E-state index >= 15 is 0 Å². The molecule has 2 rings (SSSR count). The van der Waals surface area contributed by atoms with Crippen molar-refractivity contribution in [3.63, 3.8) is 0 Å². The Kier molecular flexibility index (Phi) is 6.76. The second-order valence-corrected chi connectivity index (χ2v) is 7.39. The quantitative estimate of drug-likeness (QED) is 0.432. The number of hydrogen-bond acceptors (Lipinski definition) is 6. The minimum Gasteiger partial charge on any atom is -0.473 e. The zero-order chi connectivity index (χ0) is 20.9. The molecule has 2 aromatic rings. The largest absolute Gasteiger partial charge is 0.473 e. The van der Waals surface area contributed by atoms with Crippen LogP contribution in [0.4, 0.5) is 18.0 Å². The molecule has 0 saturated heterocycles.